The van der Waals surface area contributed by atoms with Crippen molar-refractivity contribution in [3.05, 3.63) is 39.3 Å². The number of aromatic carboxylic acids is 1. The van der Waals surface area contributed by atoms with E-state index in [9.17, 15) is 9.59 Å². The summed E-state index contributed by atoms with van der Waals surface area (Å²) in [5.41, 5.74) is 0.0352. The molecule has 1 unspecified atom stereocenters. The summed E-state index contributed by atoms with van der Waals surface area (Å²) >= 11 is 6.81. The molecule has 0 radical (unpaired) electrons. The van der Waals surface area contributed by atoms with Gasteiger partial charge in [-0.1, -0.05) is 11.6 Å². The van der Waals surface area contributed by atoms with E-state index in [1.807, 2.05) is 0 Å². The summed E-state index contributed by atoms with van der Waals surface area (Å²) < 4.78 is 0. The lowest BCUT2D eigenvalue weighted by atomic mass is 10.3. The highest BCUT2D eigenvalue weighted by atomic mass is 35.5. The molecule has 0 aliphatic heterocycles. The Morgan fingerprint density at radius 1 is 1.35 bits per heavy atom. The number of rotatable bonds is 4. The lowest BCUT2D eigenvalue weighted by Gasteiger charge is -2.10. The van der Waals surface area contributed by atoms with Crippen LogP contribution < -0.4 is 5.32 Å². The first-order valence-electron chi connectivity index (χ1n) is 5.44. The summed E-state index contributed by atoms with van der Waals surface area (Å²) in [7, 11) is 0. The molecule has 0 saturated heterocycles. The molecule has 0 aliphatic rings. The Labute approximate surface area is 122 Å². The molecule has 0 aromatic carbocycles. The molecule has 2 aromatic rings. The molecule has 0 spiro atoms. The Bertz CT molecular complexity index is 661. The van der Waals surface area contributed by atoms with Gasteiger partial charge in [-0.05, 0) is 6.92 Å². The van der Waals surface area contributed by atoms with Crippen molar-refractivity contribution in [1.82, 2.24) is 20.3 Å². The zero-order valence-electron chi connectivity index (χ0n) is 10.2. The Balaban J connectivity index is 2.08. The van der Waals surface area contributed by atoms with Crippen molar-refractivity contribution in [2.45, 2.75) is 13.0 Å². The predicted molar refractivity (Wildman–Crippen MR) is 72.0 cm³/mol. The lowest BCUT2D eigenvalue weighted by molar-refractivity contribution is 0.0691. The number of carbonyl (C=O) groups excluding carboxylic acids is 1. The van der Waals surface area contributed by atoms with E-state index >= 15 is 0 Å². The molecular weight excluding hydrogens is 304 g/mol. The van der Waals surface area contributed by atoms with Gasteiger partial charge in [0.15, 0.2) is 5.69 Å². The molecular formula is C11H9ClN4O3S. The lowest BCUT2D eigenvalue weighted by Crippen LogP contribution is -2.27. The van der Waals surface area contributed by atoms with Gasteiger partial charge in [-0.2, -0.15) is 0 Å². The van der Waals surface area contributed by atoms with Crippen LogP contribution in [0.3, 0.4) is 0 Å². The van der Waals surface area contributed by atoms with Gasteiger partial charge in [-0.15, -0.1) is 11.3 Å². The summed E-state index contributed by atoms with van der Waals surface area (Å²) in [5, 5.41) is 13.5. The second-order valence-corrected chi connectivity index (χ2v) is 5.08. The summed E-state index contributed by atoms with van der Waals surface area (Å²) in [6.45, 7) is 1.69. The van der Waals surface area contributed by atoms with Crippen molar-refractivity contribution in [1.29, 1.82) is 0 Å². The molecule has 0 saturated carbocycles. The van der Waals surface area contributed by atoms with Crippen LogP contribution in [0.2, 0.25) is 5.15 Å². The summed E-state index contributed by atoms with van der Waals surface area (Å²) in [6.07, 6.45) is 2.61. The van der Waals surface area contributed by atoms with E-state index < -0.39 is 17.9 Å². The Hall–Kier alpha value is -2.06. The molecule has 2 rings (SSSR count). The predicted octanol–water partition coefficient (Wildman–Crippen LogP) is 1.78. The third-order valence-corrected chi connectivity index (χ3v) is 3.51. The zero-order valence-corrected chi connectivity index (χ0v) is 11.8. The third-order valence-electron chi connectivity index (χ3n) is 2.30. The zero-order chi connectivity index (χ0) is 14.7. The van der Waals surface area contributed by atoms with Gasteiger partial charge in [0.1, 0.15) is 15.9 Å². The van der Waals surface area contributed by atoms with Crippen LogP contribution in [0.4, 0.5) is 0 Å². The maximum absolute atomic E-state index is 11.9. The number of carbonyl (C=O) groups is 2. The first kappa shape index (κ1) is 14.4. The number of aromatic nitrogens is 3. The highest BCUT2D eigenvalue weighted by Crippen LogP contribution is 2.18. The van der Waals surface area contributed by atoms with Crippen LogP contribution in [-0.4, -0.2) is 31.9 Å². The summed E-state index contributed by atoms with van der Waals surface area (Å²) in [5.74, 6) is -1.56. The van der Waals surface area contributed by atoms with Crippen LogP contribution >= 0.6 is 22.9 Å². The fraction of sp³-hybridized carbons (Fsp3) is 0.182. The van der Waals surface area contributed by atoms with E-state index in [0.717, 1.165) is 11.3 Å². The second-order valence-electron chi connectivity index (χ2n) is 3.80. The maximum atomic E-state index is 11.9. The van der Waals surface area contributed by atoms with Gasteiger partial charge in [0, 0.05) is 5.38 Å². The van der Waals surface area contributed by atoms with Crippen LogP contribution in [0.5, 0.6) is 0 Å². The standard InChI is InChI=1S/C11H9ClN4O3S/c1-5(10-16-7(4-20-10)11(18)19)14-9(17)6-2-13-3-8(12)15-6/h2-5H,1H3,(H,14,17)(H,18,19). The molecule has 9 heteroatoms. The molecule has 0 aliphatic carbocycles. The van der Waals surface area contributed by atoms with Gasteiger partial charge < -0.3 is 10.4 Å². The van der Waals surface area contributed by atoms with Crippen LogP contribution in [0.25, 0.3) is 0 Å². The Morgan fingerprint density at radius 2 is 2.10 bits per heavy atom. The van der Waals surface area contributed by atoms with Crippen molar-refractivity contribution in [2.24, 2.45) is 0 Å². The fourth-order valence-electron chi connectivity index (χ4n) is 1.37. The molecule has 0 fully saturated rings. The average molecular weight is 313 g/mol. The molecule has 2 N–H and O–H groups in total. The van der Waals surface area contributed by atoms with Crippen molar-refractivity contribution < 1.29 is 14.7 Å². The van der Waals surface area contributed by atoms with Crippen molar-refractivity contribution in [3.63, 3.8) is 0 Å². The van der Waals surface area contributed by atoms with Gasteiger partial charge in [-0.25, -0.2) is 14.8 Å². The highest BCUT2D eigenvalue weighted by Gasteiger charge is 2.17. The van der Waals surface area contributed by atoms with E-state index in [1.165, 1.54) is 17.8 Å². The fourth-order valence-corrected chi connectivity index (χ4v) is 2.32. The number of nitrogens with one attached hydrogen (secondary N) is 1. The normalized spacial score (nSPS) is 11.9. The van der Waals surface area contributed by atoms with Crippen LogP contribution in [-0.2, 0) is 0 Å². The van der Waals surface area contributed by atoms with Crippen molar-refractivity contribution in [3.8, 4) is 0 Å². The van der Waals surface area contributed by atoms with Crippen LogP contribution in [0.1, 0.15) is 39.0 Å². The van der Waals surface area contributed by atoms with Gasteiger partial charge in [0.05, 0.1) is 18.4 Å². The molecule has 20 heavy (non-hydrogen) atoms. The molecule has 0 bridgehead atoms. The second kappa shape index (κ2) is 5.93. The number of carboxylic acid groups (broad SMARTS) is 1. The van der Waals surface area contributed by atoms with Gasteiger partial charge in [0.2, 0.25) is 0 Å². The Morgan fingerprint density at radius 3 is 2.70 bits per heavy atom. The molecule has 7 nitrogen and oxygen atoms in total. The van der Waals surface area contributed by atoms with E-state index in [2.05, 4.69) is 20.3 Å². The van der Waals surface area contributed by atoms with E-state index in [0.29, 0.717) is 5.01 Å². The number of amides is 1. The minimum atomic E-state index is -1.10. The molecule has 2 heterocycles. The quantitative estimate of drug-likeness (QED) is 0.891. The van der Waals surface area contributed by atoms with Crippen LogP contribution in [0, 0.1) is 0 Å². The Kier molecular flexibility index (Phi) is 4.26. The van der Waals surface area contributed by atoms with Gasteiger partial charge in [-0.3, -0.25) is 9.78 Å². The first-order chi connectivity index (χ1) is 9.47. The summed E-state index contributed by atoms with van der Waals surface area (Å²) in [6, 6.07) is -0.443. The largest absolute Gasteiger partial charge is 0.476 e. The third kappa shape index (κ3) is 3.28. The van der Waals surface area contributed by atoms with E-state index in [-0.39, 0.29) is 16.5 Å². The minimum Gasteiger partial charge on any atom is -0.476 e. The molecule has 1 amide bonds. The summed E-state index contributed by atoms with van der Waals surface area (Å²) in [4.78, 5) is 34.2. The smallest absolute Gasteiger partial charge is 0.355 e. The van der Waals surface area contributed by atoms with Gasteiger partial charge in [0.25, 0.3) is 5.91 Å². The van der Waals surface area contributed by atoms with E-state index in [1.54, 1.807) is 6.92 Å². The van der Waals surface area contributed by atoms with Crippen molar-refractivity contribution >= 4 is 34.8 Å². The van der Waals surface area contributed by atoms with Gasteiger partial charge >= 0.3 is 5.97 Å². The molecule has 2 aromatic heterocycles. The topological polar surface area (TPSA) is 105 Å². The van der Waals surface area contributed by atoms with Crippen LogP contribution in [0.15, 0.2) is 17.8 Å². The number of hydrogen-bond donors (Lipinski definition) is 2. The number of hydrogen-bond acceptors (Lipinski definition) is 6. The monoisotopic (exact) mass is 312 g/mol. The highest BCUT2D eigenvalue weighted by molar-refractivity contribution is 7.09. The number of carboxylic acids is 1. The number of nitrogens with zero attached hydrogens (tertiary/aromatic N) is 3. The first-order valence-corrected chi connectivity index (χ1v) is 6.70. The minimum absolute atomic E-state index is 0.0475. The molecule has 1 atom stereocenters. The number of halogens is 1. The van der Waals surface area contributed by atoms with Crippen molar-refractivity contribution in [2.75, 3.05) is 0 Å². The average Bonchev–Trinajstić information content (AvgIpc) is 2.88. The van der Waals surface area contributed by atoms with E-state index in [4.69, 9.17) is 16.7 Å². The number of thiazole rings is 1. The SMILES string of the molecule is CC(NC(=O)c1cncc(Cl)n1)c1nc(C(=O)O)cs1. The molecule has 104 valence electrons. The maximum Gasteiger partial charge on any atom is 0.355 e.